The number of ether oxygens (including phenoxy) is 3. The summed E-state index contributed by atoms with van der Waals surface area (Å²) < 4.78 is 21.1. The van der Waals surface area contributed by atoms with Gasteiger partial charge >= 0.3 is 11.6 Å². The normalized spacial score (nSPS) is 11.0. The Hall–Kier alpha value is -3.54. The van der Waals surface area contributed by atoms with E-state index in [1.165, 1.54) is 12.1 Å². The number of esters is 1. The second-order valence-corrected chi connectivity index (χ2v) is 6.53. The minimum Gasteiger partial charge on any atom is -0.493 e. The highest BCUT2D eigenvalue weighted by molar-refractivity contribution is 5.88. The maximum absolute atomic E-state index is 12.1. The van der Waals surface area contributed by atoms with Crippen molar-refractivity contribution in [3.05, 3.63) is 75.1 Å². The van der Waals surface area contributed by atoms with E-state index in [2.05, 4.69) is 0 Å². The standard InChI is InChI=1S/C23H22O6/c1-14-5-8-18-17(12-22(25)29-23(18)15(14)2)13-28-21(24)10-7-16-6-9-19(26-3)20(11-16)27-4/h5-12H,13H2,1-4H3. The van der Waals surface area contributed by atoms with Gasteiger partial charge in [0.1, 0.15) is 12.2 Å². The molecule has 0 aliphatic heterocycles. The smallest absolute Gasteiger partial charge is 0.336 e. The molecule has 2 aromatic carbocycles. The molecule has 0 aliphatic carbocycles. The fourth-order valence-corrected chi connectivity index (χ4v) is 2.96. The molecule has 0 bridgehead atoms. The lowest BCUT2D eigenvalue weighted by molar-refractivity contribution is -0.138. The zero-order valence-corrected chi connectivity index (χ0v) is 16.8. The van der Waals surface area contributed by atoms with Gasteiger partial charge in [0.2, 0.25) is 0 Å². The Morgan fingerprint density at radius 3 is 2.52 bits per heavy atom. The van der Waals surface area contributed by atoms with Crippen molar-refractivity contribution in [1.29, 1.82) is 0 Å². The third kappa shape index (κ3) is 4.48. The van der Waals surface area contributed by atoms with Crippen LogP contribution in [0.1, 0.15) is 22.3 Å². The summed E-state index contributed by atoms with van der Waals surface area (Å²) in [4.78, 5) is 24.0. The van der Waals surface area contributed by atoms with E-state index >= 15 is 0 Å². The highest BCUT2D eigenvalue weighted by Gasteiger charge is 2.11. The summed E-state index contributed by atoms with van der Waals surface area (Å²) >= 11 is 0. The molecule has 1 aromatic heterocycles. The van der Waals surface area contributed by atoms with E-state index in [1.54, 1.807) is 38.5 Å². The van der Waals surface area contributed by atoms with Gasteiger partial charge in [0.05, 0.1) is 14.2 Å². The van der Waals surface area contributed by atoms with E-state index in [4.69, 9.17) is 18.6 Å². The first-order valence-corrected chi connectivity index (χ1v) is 9.02. The minimum absolute atomic E-state index is 0.0281. The van der Waals surface area contributed by atoms with Crippen molar-refractivity contribution >= 4 is 23.0 Å². The van der Waals surface area contributed by atoms with Crippen molar-refractivity contribution in [2.75, 3.05) is 14.2 Å². The minimum atomic E-state index is -0.523. The van der Waals surface area contributed by atoms with Crippen molar-refractivity contribution in [2.45, 2.75) is 20.5 Å². The van der Waals surface area contributed by atoms with Gasteiger partial charge in [0.15, 0.2) is 11.5 Å². The van der Waals surface area contributed by atoms with Crippen LogP contribution in [0.4, 0.5) is 0 Å². The SMILES string of the molecule is COc1ccc(C=CC(=O)OCc2cc(=O)oc3c(C)c(C)ccc23)cc1OC. The summed E-state index contributed by atoms with van der Waals surface area (Å²) in [5, 5.41) is 0.754. The van der Waals surface area contributed by atoms with Crippen LogP contribution in [0.2, 0.25) is 0 Å². The van der Waals surface area contributed by atoms with Crippen LogP contribution in [-0.2, 0) is 16.1 Å². The summed E-state index contributed by atoms with van der Waals surface area (Å²) in [6.45, 7) is 3.81. The lowest BCUT2D eigenvalue weighted by Gasteiger charge is -2.09. The monoisotopic (exact) mass is 394 g/mol. The van der Waals surface area contributed by atoms with Crippen molar-refractivity contribution in [2.24, 2.45) is 0 Å². The number of benzene rings is 2. The Kier molecular flexibility index (Phi) is 6.02. The first kappa shape index (κ1) is 20.2. The molecule has 0 N–H and O–H groups in total. The molecule has 3 rings (SSSR count). The van der Waals surface area contributed by atoms with Crippen LogP contribution in [0.3, 0.4) is 0 Å². The van der Waals surface area contributed by atoms with Gasteiger partial charge in [0.25, 0.3) is 0 Å². The molecule has 0 aliphatic rings. The number of fused-ring (bicyclic) bond motifs is 1. The Labute approximate surface area is 168 Å². The molecule has 6 heteroatoms. The molecule has 6 nitrogen and oxygen atoms in total. The molecule has 0 spiro atoms. The van der Waals surface area contributed by atoms with Crippen LogP contribution in [-0.4, -0.2) is 20.2 Å². The molecule has 0 saturated carbocycles. The van der Waals surface area contributed by atoms with Crippen LogP contribution < -0.4 is 15.1 Å². The van der Waals surface area contributed by atoms with Gasteiger partial charge in [-0.2, -0.15) is 0 Å². The molecule has 0 saturated heterocycles. The van der Waals surface area contributed by atoms with Crippen LogP contribution in [0.25, 0.3) is 17.0 Å². The van der Waals surface area contributed by atoms with Crippen LogP contribution >= 0.6 is 0 Å². The summed E-state index contributed by atoms with van der Waals surface area (Å²) in [6, 6.07) is 10.5. The Balaban J connectivity index is 1.75. The van der Waals surface area contributed by atoms with Crippen molar-refractivity contribution in [3.63, 3.8) is 0 Å². The molecule has 0 atom stereocenters. The van der Waals surface area contributed by atoms with Gasteiger partial charge in [-0.1, -0.05) is 18.2 Å². The Bertz CT molecular complexity index is 1140. The molecule has 1 heterocycles. The lowest BCUT2D eigenvalue weighted by Crippen LogP contribution is -2.06. The second kappa shape index (κ2) is 8.65. The first-order chi connectivity index (χ1) is 13.9. The summed E-state index contributed by atoms with van der Waals surface area (Å²) in [5.74, 6) is 0.647. The van der Waals surface area contributed by atoms with E-state index < -0.39 is 11.6 Å². The van der Waals surface area contributed by atoms with E-state index in [1.807, 2.05) is 26.0 Å². The predicted molar refractivity (Wildman–Crippen MR) is 110 cm³/mol. The van der Waals surface area contributed by atoms with Crippen LogP contribution in [0, 0.1) is 13.8 Å². The lowest BCUT2D eigenvalue weighted by atomic mass is 10.0. The predicted octanol–water partition coefficient (Wildman–Crippen LogP) is 4.18. The van der Waals surface area contributed by atoms with Crippen molar-refractivity contribution < 1.29 is 23.4 Å². The molecule has 29 heavy (non-hydrogen) atoms. The third-order valence-electron chi connectivity index (χ3n) is 4.71. The molecule has 0 fully saturated rings. The zero-order chi connectivity index (χ0) is 21.0. The Morgan fingerprint density at radius 1 is 1.03 bits per heavy atom. The second-order valence-electron chi connectivity index (χ2n) is 6.53. The van der Waals surface area contributed by atoms with Crippen LogP contribution in [0.15, 0.2) is 51.7 Å². The molecule has 0 unspecified atom stereocenters. The number of carbonyl (C=O) groups excluding carboxylic acids is 1. The summed E-state index contributed by atoms with van der Waals surface area (Å²) in [7, 11) is 3.10. The molecule has 0 radical (unpaired) electrons. The average molecular weight is 394 g/mol. The number of hydrogen-bond donors (Lipinski definition) is 0. The highest BCUT2D eigenvalue weighted by atomic mass is 16.5. The van der Waals surface area contributed by atoms with Gasteiger partial charge in [-0.3, -0.25) is 0 Å². The van der Waals surface area contributed by atoms with Gasteiger partial charge in [-0.05, 0) is 48.7 Å². The maximum atomic E-state index is 12.1. The average Bonchev–Trinajstić information content (AvgIpc) is 2.73. The van der Waals surface area contributed by atoms with Gasteiger partial charge in [-0.15, -0.1) is 0 Å². The van der Waals surface area contributed by atoms with E-state index in [0.29, 0.717) is 22.6 Å². The maximum Gasteiger partial charge on any atom is 0.336 e. The number of rotatable bonds is 6. The van der Waals surface area contributed by atoms with E-state index in [0.717, 1.165) is 22.1 Å². The number of methoxy groups -OCH3 is 2. The summed E-state index contributed by atoms with van der Waals surface area (Å²) in [5.41, 5.74) is 3.32. The van der Waals surface area contributed by atoms with E-state index in [9.17, 15) is 9.59 Å². The molecule has 150 valence electrons. The fourth-order valence-electron chi connectivity index (χ4n) is 2.96. The van der Waals surface area contributed by atoms with Crippen molar-refractivity contribution in [3.8, 4) is 11.5 Å². The fraction of sp³-hybridized carbons (Fsp3) is 0.217. The van der Waals surface area contributed by atoms with E-state index in [-0.39, 0.29) is 6.61 Å². The highest BCUT2D eigenvalue weighted by Crippen LogP contribution is 2.28. The molecule has 0 amide bonds. The van der Waals surface area contributed by atoms with Gasteiger partial charge in [0, 0.05) is 23.1 Å². The third-order valence-corrected chi connectivity index (χ3v) is 4.71. The number of aryl methyl sites for hydroxylation is 2. The molecular formula is C23H22O6. The first-order valence-electron chi connectivity index (χ1n) is 9.02. The molecular weight excluding hydrogens is 372 g/mol. The topological polar surface area (TPSA) is 75.0 Å². The number of carbonyl (C=O) groups is 1. The largest absolute Gasteiger partial charge is 0.493 e. The van der Waals surface area contributed by atoms with Gasteiger partial charge in [-0.25, -0.2) is 9.59 Å². The van der Waals surface area contributed by atoms with Crippen molar-refractivity contribution in [1.82, 2.24) is 0 Å². The van der Waals surface area contributed by atoms with Crippen LogP contribution in [0.5, 0.6) is 11.5 Å². The number of hydrogen-bond acceptors (Lipinski definition) is 6. The summed E-state index contributed by atoms with van der Waals surface area (Å²) in [6.07, 6.45) is 2.94. The Morgan fingerprint density at radius 2 is 1.79 bits per heavy atom. The quantitative estimate of drug-likeness (QED) is 0.355. The zero-order valence-electron chi connectivity index (χ0n) is 16.8. The molecule has 3 aromatic rings. The van der Waals surface area contributed by atoms with Gasteiger partial charge < -0.3 is 18.6 Å².